The molecule has 0 N–H and O–H groups in total. The van der Waals surface area contributed by atoms with Crippen molar-refractivity contribution < 1.29 is 19.1 Å². The molecular formula is C10H10O4. The number of hydrogen-bond donors (Lipinski definition) is 0. The zero-order valence-corrected chi connectivity index (χ0v) is 7.94. The molecule has 0 aromatic heterocycles. The first-order valence-corrected chi connectivity index (χ1v) is 3.94. The van der Waals surface area contributed by atoms with Gasteiger partial charge in [0, 0.05) is 5.56 Å². The Labute approximate surface area is 81.4 Å². The van der Waals surface area contributed by atoms with Gasteiger partial charge in [0.2, 0.25) is 0 Å². The minimum atomic E-state index is -0.550. The Hall–Kier alpha value is -1.84. The van der Waals surface area contributed by atoms with E-state index in [-0.39, 0.29) is 11.1 Å². The van der Waals surface area contributed by atoms with Gasteiger partial charge in [-0.2, -0.15) is 0 Å². The van der Waals surface area contributed by atoms with E-state index in [2.05, 4.69) is 4.74 Å². The minimum Gasteiger partial charge on any atom is -0.497 e. The summed E-state index contributed by atoms with van der Waals surface area (Å²) in [5, 5.41) is 0. The first kappa shape index (κ1) is 10.2. The fourth-order valence-corrected chi connectivity index (χ4v) is 1.05. The second-order valence-corrected chi connectivity index (χ2v) is 2.56. The maximum Gasteiger partial charge on any atom is 0.338 e. The van der Waals surface area contributed by atoms with Crippen molar-refractivity contribution in [3.63, 3.8) is 0 Å². The molecule has 4 heteroatoms. The van der Waals surface area contributed by atoms with Gasteiger partial charge in [0.05, 0.1) is 19.8 Å². The van der Waals surface area contributed by atoms with Crippen LogP contribution in [0.3, 0.4) is 0 Å². The zero-order valence-electron chi connectivity index (χ0n) is 7.94. The third-order valence-electron chi connectivity index (χ3n) is 1.79. The number of carbonyl (C=O) groups excluding carboxylic acids is 2. The summed E-state index contributed by atoms with van der Waals surface area (Å²) in [6.07, 6.45) is 0.603. The van der Waals surface area contributed by atoms with Crippen LogP contribution in [0.25, 0.3) is 0 Å². The fourth-order valence-electron chi connectivity index (χ4n) is 1.05. The van der Waals surface area contributed by atoms with Crippen LogP contribution in [-0.2, 0) is 4.74 Å². The quantitative estimate of drug-likeness (QED) is 0.537. The van der Waals surface area contributed by atoms with Crippen LogP contribution in [0.1, 0.15) is 20.7 Å². The van der Waals surface area contributed by atoms with Crippen molar-refractivity contribution in [2.75, 3.05) is 14.2 Å². The van der Waals surface area contributed by atoms with E-state index in [1.807, 2.05) is 0 Å². The van der Waals surface area contributed by atoms with Gasteiger partial charge in [0.1, 0.15) is 5.75 Å². The molecule has 74 valence electrons. The lowest BCUT2D eigenvalue weighted by molar-refractivity contribution is 0.0598. The normalized spacial score (nSPS) is 9.29. The smallest absolute Gasteiger partial charge is 0.338 e. The van der Waals surface area contributed by atoms with E-state index in [0.717, 1.165) is 0 Å². The van der Waals surface area contributed by atoms with E-state index >= 15 is 0 Å². The van der Waals surface area contributed by atoms with Crippen LogP contribution in [0.15, 0.2) is 18.2 Å². The Bertz CT molecular complexity index is 357. The highest BCUT2D eigenvalue weighted by molar-refractivity contribution is 5.98. The van der Waals surface area contributed by atoms with E-state index in [1.54, 1.807) is 6.07 Å². The average Bonchev–Trinajstić information content (AvgIpc) is 2.27. The van der Waals surface area contributed by atoms with Crippen LogP contribution >= 0.6 is 0 Å². The highest BCUT2D eigenvalue weighted by Gasteiger charge is 2.12. The predicted octanol–water partition coefficient (Wildman–Crippen LogP) is 1.29. The molecule has 0 aliphatic heterocycles. The van der Waals surface area contributed by atoms with Gasteiger partial charge in [-0.3, -0.25) is 4.79 Å². The molecule has 0 fully saturated rings. The minimum absolute atomic E-state index is 0.210. The Morgan fingerprint density at radius 3 is 2.57 bits per heavy atom. The number of aldehydes is 1. The number of benzene rings is 1. The molecule has 0 saturated carbocycles. The molecule has 1 rings (SSSR count). The van der Waals surface area contributed by atoms with Gasteiger partial charge in [0.15, 0.2) is 6.29 Å². The first-order chi connectivity index (χ1) is 6.72. The lowest BCUT2D eigenvalue weighted by Gasteiger charge is -2.05. The standard InChI is InChI=1S/C10H10O4/c1-13-8-4-3-7(6-11)9(5-8)10(12)14-2/h3-6H,1-2H3. The van der Waals surface area contributed by atoms with Gasteiger partial charge in [-0.15, -0.1) is 0 Å². The average molecular weight is 194 g/mol. The third kappa shape index (κ3) is 1.90. The summed E-state index contributed by atoms with van der Waals surface area (Å²) in [7, 11) is 2.74. The van der Waals surface area contributed by atoms with Crippen LogP contribution in [0.5, 0.6) is 5.75 Å². The highest BCUT2D eigenvalue weighted by Crippen LogP contribution is 2.17. The molecule has 0 atom stereocenters. The summed E-state index contributed by atoms with van der Waals surface area (Å²) >= 11 is 0. The molecule has 0 aliphatic carbocycles. The summed E-state index contributed by atoms with van der Waals surface area (Å²) in [5.41, 5.74) is 0.500. The molecule has 4 nitrogen and oxygen atoms in total. The summed E-state index contributed by atoms with van der Waals surface area (Å²) in [4.78, 5) is 21.8. The molecule has 0 radical (unpaired) electrons. The van der Waals surface area contributed by atoms with Gasteiger partial charge < -0.3 is 9.47 Å². The number of rotatable bonds is 3. The SMILES string of the molecule is COC(=O)c1cc(OC)ccc1C=O. The molecule has 1 aromatic rings. The highest BCUT2D eigenvalue weighted by atomic mass is 16.5. The van der Waals surface area contributed by atoms with Crippen LogP contribution in [0.2, 0.25) is 0 Å². The third-order valence-corrected chi connectivity index (χ3v) is 1.79. The maximum absolute atomic E-state index is 11.2. The number of esters is 1. The van der Waals surface area contributed by atoms with Crippen molar-refractivity contribution in [3.8, 4) is 5.75 Å². The molecule has 0 aliphatic rings. The van der Waals surface area contributed by atoms with Crippen molar-refractivity contribution in [3.05, 3.63) is 29.3 Å². The fraction of sp³-hybridized carbons (Fsp3) is 0.200. The molecule has 0 heterocycles. The van der Waals surface area contributed by atoms with E-state index in [4.69, 9.17) is 4.74 Å². The van der Waals surface area contributed by atoms with Gasteiger partial charge >= 0.3 is 5.97 Å². The van der Waals surface area contributed by atoms with Crippen molar-refractivity contribution in [2.45, 2.75) is 0 Å². The number of carbonyl (C=O) groups is 2. The monoisotopic (exact) mass is 194 g/mol. The van der Waals surface area contributed by atoms with Crippen molar-refractivity contribution in [1.29, 1.82) is 0 Å². The molecule has 1 aromatic carbocycles. The molecule has 0 spiro atoms. The molecule has 0 unspecified atom stereocenters. The number of hydrogen-bond acceptors (Lipinski definition) is 4. The Morgan fingerprint density at radius 1 is 1.36 bits per heavy atom. The second kappa shape index (κ2) is 4.41. The molecule has 0 saturated heterocycles. The van der Waals surface area contributed by atoms with Gasteiger partial charge in [-0.25, -0.2) is 4.79 Å². The lowest BCUT2D eigenvalue weighted by Crippen LogP contribution is -2.05. The van der Waals surface area contributed by atoms with Gasteiger partial charge in [0.25, 0.3) is 0 Å². The molecule has 0 bridgehead atoms. The number of ether oxygens (including phenoxy) is 2. The Balaban J connectivity index is 3.21. The molecule has 0 amide bonds. The summed E-state index contributed by atoms with van der Waals surface area (Å²) < 4.78 is 9.45. The molecular weight excluding hydrogens is 184 g/mol. The van der Waals surface area contributed by atoms with Crippen molar-refractivity contribution in [1.82, 2.24) is 0 Å². The van der Waals surface area contributed by atoms with Crippen molar-refractivity contribution in [2.24, 2.45) is 0 Å². The van der Waals surface area contributed by atoms with Gasteiger partial charge in [-0.05, 0) is 18.2 Å². The van der Waals surface area contributed by atoms with Crippen LogP contribution in [0.4, 0.5) is 0 Å². The Kier molecular flexibility index (Phi) is 3.23. The Morgan fingerprint density at radius 2 is 2.07 bits per heavy atom. The molecule has 14 heavy (non-hydrogen) atoms. The van der Waals surface area contributed by atoms with Crippen LogP contribution in [-0.4, -0.2) is 26.5 Å². The van der Waals surface area contributed by atoms with Crippen LogP contribution < -0.4 is 4.74 Å². The summed E-state index contributed by atoms with van der Waals surface area (Å²) in [6.45, 7) is 0. The summed E-state index contributed by atoms with van der Waals surface area (Å²) in [5.74, 6) is -0.0398. The van der Waals surface area contributed by atoms with Crippen LogP contribution in [0, 0.1) is 0 Å². The second-order valence-electron chi connectivity index (χ2n) is 2.56. The van der Waals surface area contributed by atoms with E-state index < -0.39 is 5.97 Å². The topological polar surface area (TPSA) is 52.6 Å². The van der Waals surface area contributed by atoms with E-state index in [0.29, 0.717) is 12.0 Å². The van der Waals surface area contributed by atoms with Gasteiger partial charge in [-0.1, -0.05) is 0 Å². The zero-order chi connectivity index (χ0) is 10.6. The lowest BCUT2D eigenvalue weighted by atomic mass is 10.1. The predicted molar refractivity (Wildman–Crippen MR) is 49.7 cm³/mol. The van der Waals surface area contributed by atoms with E-state index in [1.165, 1.54) is 26.4 Å². The maximum atomic E-state index is 11.2. The number of methoxy groups -OCH3 is 2. The summed E-state index contributed by atoms with van der Waals surface area (Å²) in [6, 6.07) is 4.59. The van der Waals surface area contributed by atoms with E-state index in [9.17, 15) is 9.59 Å². The largest absolute Gasteiger partial charge is 0.497 e. The van der Waals surface area contributed by atoms with Crippen molar-refractivity contribution >= 4 is 12.3 Å². The first-order valence-electron chi connectivity index (χ1n) is 3.94.